The Kier molecular flexibility index (Phi) is 2.09. The van der Waals surface area contributed by atoms with Crippen LogP contribution >= 0.6 is 0 Å². The topological polar surface area (TPSA) is 35.6 Å². The van der Waals surface area contributed by atoms with Crippen molar-refractivity contribution in [2.75, 3.05) is 0 Å². The average molecular weight is 216 g/mol. The summed E-state index contributed by atoms with van der Waals surface area (Å²) in [5, 5.41) is 4.66. The third-order valence-electron chi connectivity index (χ3n) is 3.19. The molecule has 0 N–H and O–H groups in total. The molecule has 0 bridgehead atoms. The van der Waals surface area contributed by atoms with Crippen LogP contribution in [0.5, 0.6) is 0 Å². The largest absolute Gasteiger partial charge is 0.333 e. The molecule has 16 heavy (non-hydrogen) atoms. The maximum atomic E-state index is 4.66. The van der Waals surface area contributed by atoms with Crippen molar-refractivity contribution in [2.24, 2.45) is 0 Å². The molecule has 0 saturated heterocycles. The Balaban J connectivity index is 2.00. The number of aryl methyl sites for hydroxylation is 2. The SMILES string of the molecule is CC(C)c1cc2n(n1)Cc1cncn1CC2. The highest BCUT2D eigenvalue weighted by Gasteiger charge is 2.15. The first kappa shape index (κ1) is 9.63. The van der Waals surface area contributed by atoms with Crippen LogP contribution < -0.4 is 0 Å². The van der Waals surface area contributed by atoms with Gasteiger partial charge in [0.25, 0.3) is 0 Å². The van der Waals surface area contributed by atoms with Gasteiger partial charge in [0.2, 0.25) is 0 Å². The zero-order chi connectivity index (χ0) is 11.1. The maximum absolute atomic E-state index is 4.66. The number of hydrogen-bond acceptors (Lipinski definition) is 2. The second kappa shape index (κ2) is 3.47. The van der Waals surface area contributed by atoms with Crippen molar-refractivity contribution in [3.8, 4) is 0 Å². The van der Waals surface area contributed by atoms with E-state index >= 15 is 0 Å². The molecule has 84 valence electrons. The fourth-order valence-corrected chi connectivity index (χ4v) is 2.17. The first-order valence-corrected chi connectivity index (χ1v) is 5.79. The van der Waals surface area contributed by atoms with Crippen molar-refractivity contribution in [1.82, 2.24) is 19.3 Å². The van der Waals surface area contributed by atoms with E-state index in [9.17, 15) is 0 Å². The number of nitrogens with zero attached hydrogens (tertiary/aromatic N) is 4. The minimum Gasteiger partial charge on any atom is -0.333 e. The monoisotopic (exact) mass is 216 g/mol. The molecule has 3 rings (SSSR count). The molecule has 0 unspecified atom stereocenters. The summed E-state index contributed by atoms with van der Waals surface area (Å²) in [6.45, 7) is 6.24. The van der Waals surface area contributed by atoms with Crippen LogP contribution in [0.15, 0.2) is 18.6 Å². The third kappa shape index (κ3) is 1.45. The Bertz CT molecular complexity index is 507. The summed E-state index contributed by atoms with van der Waals surface area (Å²) in [5.41, 5.74) is 3.78. The molecule has 1 aliphatic heterocycles. The Labute approximate surface area is 94.9 Å². The number of fused-ring (bicyclic) bond motifs is 2. The predicted molar refractivity (Wildman–Crippen MR) is 61.3 cm³/mol. The maximum Gasteiger partial charge on any atom is 0.0948 e. The van der Waals surface area contributed by atoms with Gasteiger partial charge in [0, 0.05) is 18.7 Å². The van der Waals surface area contributed by atoms with Crippen molar-refractivity contribution < 1.29 is 0 Å². The molecule has 0 saturated carbocycles. The zero-order valence-corrected chi connectivity index (χ0v) is 9.72. The lowest BCUT2D eigenvalue weighted by molar-refractivity contribution is 0.633. The fraction of sp³-hybridized carbons (Fsp3) is 0.500. The van der Waals surface area contributed by atoms with Gasteiger partial charge in [0.05, 0.1) is 30.5 Å². The molecule has 0 aliphatic carbocycles. The van der Waals surface area contributed by atoms with Crippen molar-refractivity contribution in [3.05, 3.63) is 35.7 Å². The molecule has 2 aromatic rings. The van der Waals surface area contributed by atoms with Crippen LogP contribution in [-0.4, -0.2) is 19.3 Å². The Morgan fingerprint density at radius 2 is 2.19 bits per heavy atom. The predicted octanol–water partition coefficient (Wildman–Crippen LogP) is 1.81. The summed E-state index contributed by atoms with van der Waals surface area (Å²) in [6.07, 6.45) is 4.89. The van der Waals surface area contributed by atoms with E-state index in [4.69, 9.17) is 0 Å². The lowest BCUT2D eigenvalue weighted by Crippen LogP contribution is -2.05. The number of imidazole rings is 1. The second-order valence-electron chi connectivity index (χ2n) is 4.70. The third-order valence-corrected chi connectivity index (χ3v) is 3.19. The smallest absolute Gasteiger partial charge is 0.0948 e. The summed E-state index contributed by atoms with van der Waals surface area (Å²) < 4.78 is 4.33. The minimum atomic E-state index is 0.504. The lowest BCUT2D eigenvalue weighted by Gasteiger charge is -2.02. The quantitative estimate of drug-likeness (QED) is 0.728. The van der Waals surface area contributed by atoms with Gasteiger partial charge in [-0.3, -0.25) is 4.68 Å². The van der Waals surface area contributed by atoms with Crippen molar-refractivity contribution in [3.63, 3.8) is 0 Å². The van der Waals surface area contributed by atoms with Crippen LogP contribution in [0, 0.1) is 0 Å². The van der Waals surface area contributed by atoms with E-state index in [-0.39, 0.29) is 0 Å². The molecule has 0 amide bonds. The summed E-state index contributed by atoms with van der Waals surface area (Å²) in [6, 6.07) is 2.24. The van der Waals surface area contributed by atoms with Gasteiger partial charge in [-0.2, -0.15) is 5.10 Å². The van der Waals surface area contributed by atoms with Crippen LogP contribution in [-0.2, 0) is 19.5 Å². The van der Waals surface area contributed by atoms with Gasteiger partial charge in [-0.25, -0.2) is 4.98 Å². The fourth-order valence-electron chi connectivity index (χ4n) is 2.17. The molecule has 0 radical (unpaired) electrons. The van der Waals surface area contributed by atoms with Crippen LogP contribution in [0.1, 0.15) is 36.8 Å². The molecular weight excluding hydrogens is 200 g/mol. The number of aromatic nitrogens is 4. The molecule has 0 aromatic carbocycles. The van der Waals surface area contributed by atoms with Gasteiger partial charge in [-0.15, -0.1) is 0 Å². The zero-order valence-electron chi connectivity index (χ0n) is 9.72. The highest BCUT2D eigenvalue weighted by molar-refractivity contribution is 5.17. The standard InChI is InChI=1S/C12H16N4/c1-9(2)12-5-10-3-4-15-8-13-6-11(15)7-16(10)14-12/h5-6,8-9H,3-4,7H2,1-2H3. The Morgan fingerprint density at radius 1 is 1.31 bits per heavy atom. The summed E-state index contributed by atoms with van der Waals surface area (Å²) in [4.78, 5) is 4.18. The van der Waals surface area contributed by atoms with Crippen LogP contribution in [0.3, 0.4) is 0 Å². The Hall–Kier alpha value is -1.58. The van der Waals surface area contributed by atoms with E-state index in [1.54, 1.807) is 0 Å². The Morgan fingerprint density at radius 3 is 3.00 bits per heavy atom. The highest BCUT2D eigenvalue weighted by atomic mass is 15.3. The van der Waals surface area contributed by atoms with Gasteiger partial charge in [-0.1, -0.05) is 13.8 Å². The minimum absolute atomic E-state index is 0.504. The van der Waals surface area contributed by atoms with E-state index in [2.05, 4.69) is 39.2 Å². The van der Waals surface area contributed by atoms with E-state index in [0.717, 1.165) is 19.5 Å². The molecule has 4 heteroatoms. The van der Waals surface area contributed by atoms with E-state index in [1.165, 1.54) is 17.1 Å². The van der Waals surface area contributed by atoms with Crippen molar-refractivity contribution >= 4 is 0 Å². The second-order valence-corrected chi connectivity index (χ2v) is 4.70. The van der Waals surface area contributed by atoms with Gasteiger partial charge in [0.15, 0.2) is 0 Å². The highest BCUT2D eigenvalue weighted by Crippen LogP contribution is 2.19. The number of rotatable bonds is 1. The van der Waals surface area contributed by atoms with Gasteiger partial charge < -0.3 is 4.57 Å². The summed E-state index contributed by atoms with van der Waals surface area (Å²) in [5.74, 6) is 0.504. The van der Waals surface area contributed by atoms with E-state index in [1.807, 2.05) is 12.5 Å². The lowest BCUT2D eigenvalue weighted by atomic mass is 10.1. The molecule has 1 aliphatic rings. The molecule has 0 atom stereocenters. The molecule has 0 spiro atoms. The number of hydrogen-bond donors (Lipinski definition) is 0. The van der Waals surface area contributed by atoms with E-state index < -0.39 is 0 Å². The summed E-state index contributed by atoms with van der Waals surface area (Å²) in [7, 11) is 0. The van der Waals surface area contributed by atoms with Crippen molar-refractivity contribution in [2.45, 2.75) is 39.3 Å². The van der Waals surface area contributed by atoms with Crippen LogP contribution in [0.4, 0.5) is 0 Å². The van der Waals surface area contributed by atoms with Gasteiger partial charge in [0.1, 0.15) is 0 Å². The molecule has 3 heterocycles. The molecule has 2 aromatic heterocycles. The summed E-state index contributed by atoms with van der Waals surface area (Å²) >= 11 is 0. The average Bonchev–Trinajstić information content (AvgIpc) is 2.82. The first-order chi connectivity index (χ1) is 7.74. The molecule has 4 nitrogen and oxygen atoms in total. The normalized spacial score (nSPS) is 14.7. The van der Waals surface area contributed by atoms with Gasteiger partial charge >= 0.3 is 0 Å². The van der Waals surface area contributed by atoms with E-state index in [0.29, 0.717) is 5.92 Å². The van der Waals surface area contributed by atoms with Crippen LogP contribution in [0.25, 0.3) is 0 Å². The van der Waals surface area contributed by atoms with Crippen molar-refractivity contribution in [1.29, 1.82) is 0 Å². The molecule has 0 fully saturated rings. The van der Waals surface area contributed by atoms with Gasteiger partial charge in [-0.05, 0) is 12.0 Å². The first-order valence-electron chi connectivity index (χ1n) is 5.79. The molecular formula is C12H16N4. The van der Waals surface area contributed by atoms with Crippen LogP contribution in [0.2, 0.25) is 0 Å².